The number of fused-ring (bicyclic) bond motifs is 1. The second-order valence-electron chi connectivity index (χ2n) is 6.21. The zero-order valence-corrected chi connectivity index (χ0v) is 13.2. The van der Waals surface area contributed by atoms with Crippen LogP contribution in [0.5, 0.6) is 0 Å². The number of Topliss-reactive ketones (excluding diaryl/α,β-unsaturated/α-hetero) is 1. The molecule has 2 aliphatic rings. The van der Waals surface area contributed by atoms with Crippen LogP contribution in [0.1, 0.15) is 54.9 Å². The Morgan fingerprint density at radius 3 is 2.86 bits per heavy atom. The number of hydrogen-bond acceptors (Lipinski definition) is 3. The van der Waals surface area contributed by atoms with E-state index in [2.05, 4.69) is 5.32 Å². The average molecular weight is 300 g/mol. The van der Waals surface area contributed by atoms with Gasteiger partial charge in [-0.2, -0.15) is 0 Å². The van der Waals surface area contributed by atoms with Gasteiger partial charge in [0.1, 0.15) is 0 Å². The fraction of sp³-hybridized carbons (Fsp3) is 0.556. The Labute approximate surface area is 131 Å². The molecule has 3 rings (SSSR count). The molecule has 22 heavy (non-hydrogen) atoms. The molecular weight excluding hydrogens is 276 g/mol. The molecule has 0 aliphatic carbocycles. The first-order valence-corrected chi connectivity index (χ1v) is 8.41. The number of anilines is 1. The van der Waals surface area contributed by atoms with Crippen molar-refractivity contribution in [3.05, 3.63) is 29.3 Å². The van der Waals surface area contributed by atoms with Crippen LogP contribution in [0.3, 0.4) is 0 Å². The van der Waals surface area contributed by atoms with Gasteiger partial charge < -0.3 is 10.2 Å². The summed E-state index contributed by atoms with van der Waals surface area (Å²) >= 11 is 0. The van der Waals surface area contributed by atoms with Crippen molar-refractivity contribution in [2.45, 2.75) is 51.5 Å². The summed E-state index contributed by atoms with van der Waals surface area (Å²) in [4.78, 5) is 26.5. The average Bonchev–Trinajstić information content (AvgIpc) is 2.60. The molecule has 1 fully saturated rings. The molecule has 4 nitrogen and oxygen atoms in total. The van der Waals surface area contributed by atoms with E-state index in [4.69, 9.17) is 0 Å². The lowest BCUT2D eigenvalue weighted by Crippen LogP contribution is -2.40. The Morgan fingerprint density at radius 1 is 1.27 bits per heavy atom. The molecule has 0 saturated carbocycles. The summed E-state index contributed by atoms with van der Waals surface area (Å²) in [6.07, 6.45) is 5.64. The molecule has 0 bridgehead atoms. The van der Waals surface area contributed by atoms with E-state index in [1.807, 2.05) is 30.0 Å². The summed E-state index contributed by atoms with van der Waals surface area (Å²) in [7, 11) is 0. The molecule has 4 heteroatoms. The molecule has 0 aromatic heterocycles. The Balaban J connectivity index is 1.84. The van der Waals surface area contributed by atoms with Crippen molar-refractivity contribution in [1.82, 2.24) is 5.32 Å². The molecule has 0 radical (unpaired) electrons. The maximum Gasteiger partial charge on any atom is 0.226 e. The molecule has 2 heterocycles. The van der Waals surface area contributed by atoms with E-state index in [1.54, 1.807) is 0 Å². The van der Waals surface area contributed by atoms with Crippen molar-refractivity contribution in [3.63, 3.8) is 0 Å². The lowest BCUT2D eigenvalue weighted by molar-refractivity contribution is -0.118. The second kappa shape index (κ2) is 6.61. The van der Waals surface area contributed by atoms with Crippen LogP contribution in [-0.2, 0) is 11.2 Å². The Morgan fingerprint density at radius 2 is 2.14 bits per heavy atom. The zero-order valence-electron chi connectivity index (χ0n) is 13.2. The van der Waals surface area contributed by atoms with Gasteiger partial charge in [-0.25, -0.2) is 0 Å². The largest absolute Gasteiger partial charge is 0.312 e. The Kier molecular flexibility index (Phi) is 4.57. The van der Waals surface area contributed by atoms with E-state index < -0.39 is 0 Å². The van der Waals surface area contributed by atoms with E-state index in [9.17, 15) is 9.59 Å². The fourth-order valence-corrected chi connectivity index (χ4v) is 3.48. The number of ketones is 1. The number of nitrogens with zero attached hydrogens (tertiary/aromatic N) is 1. The maximum absolute atomic E-state index is 12.6. The van der Waals surface area contributed by atoms with Crippen LogP contribution in [0.2, 0.25) is 0 Å². The van der Waals surface area contributed by atoms with Crippen LogP contribution >= 0.6 is 0 Å². The van der Waals surface area contributed by atoms with Gasteiger partial charge in [0.2, 0.25) is 5.91 Å². The third-order valence-electron chi connectivity index (χ3n) is 4.71. The normalized spacial score (nSPS) is 21.3. The summed E-state index contributed by atoms with van der Waals surface area (Å²) in [6.45, 7) is 3.61. The summed E-state index contributed by atoms with van der Waals surface area (Å²) in [6, 6.07) is 5.81. The smallest absolute Gasteiger partial charge is 0.226 e. The van der Waals surface area contributed by atoms with Gasteiger partial charge in [-0.05, 0) is 56.0 Å². The van der Waals surface area contributed by atoms with Crippen LogP contribution in [0.15, 0.2) is 18.2 Å². The zero-order chi connectivity index (χ0) is 15.5. The molecule has 1 aromatic rings. The SMILES string of the molecule is CCC(=O)N1CCCc2cc(C(=O)C3CCCCN3)ccc21. The van der Waals surface area contributed by atoms with E-state index >= 15 is 0 Å². The predicted octanol–water partition coefficient (Wildman–Crippen LogP) is 2.70. The monoisotopic (exact) mass is 300 g/mol. The highest BCUT2D eigenvalue weighted by Crippen LogP contribution is 2.29. The summed E-state index contributed by atoms with van der Waals surface area (Å²) < 4.78 is 0. The number of rotatable bonds is 3. The first-order chi connectivity index (χ1) is 10.7. The van der Waals surface area contributed by atoms with Gasteiger partial charge in [-0.3, -0.25) is 9.59 Å². The Hall–Kier alpha value is -1.68. The number of nitrogens with one attached hydrogen (secondary N) is 1. The van der Waals surface area contributed by atoms with Gasteiger partial charge >= 0.3 is 0 Å². The molecule has 118 valence electrons. The lowest BCUT2D eigenvalue weighted by atomic mass is 9.92. The summed E-state index contributed by atoms with van der Waals surface area (Å²) in [5.41, 5.74) is 2.91. The van der Waals surface area contributed by atoms with E-state index in [0.717, 1.165) is 62.0 Å². The molecule has 0 spiro atoms. The standard InChI is InChI=1S/C18H24N2O2/c1-2-17(21)20-11-5-6-13-12-14(8-9-16(13)20)18(22)15-7-3-4-10-19-15/h8-9,12,15,19H,2-7,10-11H2,1H3. The Bertz CT molecular complexity index is 576. The molecule has 1 atom stereocenters. The van der Waals surface area contributed by atoms with E-state index in [0.29, 0.717) is 6.42 Å². The first kappa shape index (κ1) is 15.2. The number of aryl methyl sites for hydroxylation is 1. The molecule has 1 unspecified atom stereocenters. The highest BCUT2D eigenvalue weighted by molar-refractivity contribution is 6.01. The second-order valence-corrected chi connectivity index (χ2v) is 6.21. The van der Waals surface area contributed by atoms with Crippen LogP contribution in [0.25, 0.3) is 0 Å². The molecule has 1 saturated heterocycles. The number of hydrogen-bond donors (Lipinski definition) is 1. The van der Waals surface area contributed by atoms with Crippen molar-refractivity contribution in [1.29, 1.82) is 0 Å². The lowest BCUT2D eigenvalue weighted by Gasteiger charge is -2.30. The van der Waals surface area contributed by atoms with Gasteiger partial charge in [0.05, 0.1) is 6.04 Å². The number of carbonyl (C=O) groups excluding carboxylic acids is 2. The predicted molar refractivity (Wildman–Crippen MR) is 87.4 cm³/mol. The van der Waals surface area contributed by atoms with Gasteiger partial charge in [0.15, 0.2) is 5.78 Å². The summed E-state index contributed by atoms with van der Waals surface area (Å²) in [5, 5.41) is 3.32. The van der Waals surface area contributed by atoms with E-state index in [1.165, 1.54) is 0 Å². The molecule has 1 amide bonds. The third kappa shape index (κ3) is 2.93. The number of amides is 1. The first-order valence-electron chi connectivity index (χ1n) is 8.41. The molecule has 2 aliphatic heterocycles. The van der Waals surface area contributed by atoms with Crippen molar-refractivity contribution in [3.8, 4) is 0 Å². The van der Waals surface area contributed by atoms with Crippen LogP contribution in [0, 0.1) is 0 Å². The highest BCUT2D eigenvalue weighted by Gasteiger charge is 2.25. The minimum Gasteiger partial charge on any atom is -0.312 e. The van der Waals surface area contributed by atoms with Crippen LogP contribution < -0.4 is 10.2 Å². The van der Waals surface area contributed by atoms with Gasteiger partial charge in [0.25, 0.3) is 0 Å². The van der Waals surface area contributed by atoms with Crippen molar-refractivity contribution < 1.29 is 9.59 Å². The van der Waals surface area contributed by atoms with Gasteiger partial charge in [0, 0.05) is 24.2 Å². The number of piperidine rings is 1. The van der Waals surface area contributed by atoms with Crippen molar-refractivity contribution >= 4 is 17.4 Å². The quantitative estimate of drug-likeness (QED) is 0.873. The van der Waals surface area contributed by atoms with Crippen LogP contribution in [-0.4, -0.2) is 30.8 Å². The topological polar surface area (TPSA) is 49.4 Å². The maximum atomic E-state index is 12.6. The summed E-state index contributed by atoms with van der Waals surface area (Å²) in [5.74, 6) is 0.357. The van der Waals surface area contributed by atoms with Gasteiger partial charge in [-0.15, -0.1) is 0 Å². The number of carbonyl (C=O) groups is 2. The van der Waals surface area contributed by atoms with E-state index in [-0.39, 0.29) is 17.7 Å². The number of benzene rings is 1. The minimum absolute atomic E-state index is 0.0382. The third-order valence-corrected chi connectivity index (χ3v) is 4.71. The van der Waals surface area contributed by atoms with Crippen LogP contribution in [0.4, 0.5) is 5.69 Å². The highest BCUT2D eigenvalue weighted by atomic mass is 16.2. The molecule has 1 aromatic carbocycles. The van der Waals surface area contributed by atoms with Crippen molar-refractivity contribution in [2.24, 2.45) is 0 Å². The molecule has 1 N–H and O–H groups in total. The van der Waals surface area contributed by atoms with Crippen molar-refractivity contribution in [2.75, 3.05) is 18.0 Å². The molecular formula is C18H24N2O2. The minimum atomic E-state index is -0.0382. The fourth-order valence-electron chi connectivity index (χ4n) is 3.48. The van der Waals surface area contributed by atoms with Gasteiger partial charge in [-0.1, -0.05) is 13.3 Å².